The topological polar surface area (TPSA) is 45.1 Å². The summed E-state index contributed by atoms with van der Waals surface area (Å²) < 4.78 is 0. The van der Waals surface area contributed by atoms with E-state index in [0.717, 1.165) is 18.5 Å². The van der Waals surface area contributed by atoms with Crippen molar-refractivity contribution in [2.45, 2.75) is 52.2 Å². The molecule has 18 heavy (non-hydrogen) atoms. The van der Waals surface area contributed by atoms with Crippen molar-refractivity contribution in [2.75, 3.05) is 6.54 Å². The number of aliphatic hydroxyl groups is 1. The summed E-state index contributed by atoms with van der Waals surface area (Å²) in [5.41, 5.74) is 0.366. The Morgan fingerprint density at radius 1 is 1.33 bits per heavy atom. The first-order valence-corrected chi connectivity index (χ1v) is 6.77. The lowest BCUT2D eigenvalue weighted by molar-refractivity contribution is 0.0429. The van der Waals surface area contributed by atoms with Crippen LogP contribution in [-0.2, 0) is 0 Å². The number of hydrogen-bond acceptors (Lipinski definition) is 3. The van der Waals surface area contributed by atoms with Gasteiger partial charge in [0.1, 0.15) is 0 Å². The predicted octanol–water partition coefficient (Wildman–Crippen LogP) is 2.92. The molecule has 1 aromatic heterocycles. The van der Waals surface area contributed by atoms with Crippen LogP contribution in [0.2, 0.25) is 0 Å². The van der Waals surface area contributed by atoms with E-state index in [-0.39, 0.29) is 6.04 Å². The molecule has 0 aliphatic heterocycles. The second-order valence-electron chi connectivity index (χ2n) is 5.79. The third-order valence-electron chi connectivity index (χ3n) is 3.18. The predicted molar refractivity (Wildman–Crippen MR) is 75.4 cm³/mol. The Balaban J connectivity index is 2.39. The molecular weight excluding hydrogens is 224 g/mol. The summed E-state index contributed by atoms with van der Waals surface area (Å²) >= 11 is 0. The summed E-state index contributed by atoms with van der Waals surface area (Å²) in [7, 11) is 0. The molecule has 1 rings (SSSR count). The summed E-state index contributed by atoms with van der Waals surface area (Å²) in [4.78, 5) is 4.31. The van der Waals surface area contributed by atoms with Crippen LogP contribution >= 0.6 is 0 Å². The zero-order valence-electron chi connectivity index (χ0n) is 12.0. The molecule has 3 nitrogen and oxygen atoms in total. The van der Waals surface area contributed by atoms with Gasteiger partial charge < -0.3 is 10.4 Å². The lowest BCUT2D eigenvalue weighted by atomic mass is 9.95. The van der Waals surface area contributed by atoms with Gasteiger partial charge in [0.15, 0.2) is 0 Å². The molecule has 1 heterocycles. The second-order valence-corrected chi connectivity index (χ2v) is 5.79. The fourth-order valence-corrected chi connectivity index (χ4v) is 1.80. The highest BCUT2D eigenvalue weighted by Crippen LogP contribution is 2.17. The maximum absolute atomic E-state index is 10.3. The van der Waals surface area contributed by atoms with E-state index in [1.807, 2.05) is 25.1 Å². The van der Waals surface area contributed by atoms with Crippen LogP contribution in [-0.4, -0.2) is 22.2 Å². The Morgan fingerprint density at radius 2 is 2.06 bits per heavy atom. The third-order valence-corrected chi connectivity index (χ3v) is 3.18. The molecule has 102 valence electrons. The van der Waals surface area contributed by atoms with Gasteiger partial charge in [0.2, 0.25) is 0 Å². The largest absolute Gasteiger partial charge is 0.389 e. The maximum atomic E-state index is 10.3. The van der Waals surface area contributed by atoms with Crippen LogP contribution in [0.15, 0.2) is 24.4 Å². The molecule has 0 aromatic carbocycles. The number of pyridine rings is 1. The Labute approximate surface area is 111 Å². The first-order chi connectivity index (χ1) is 8.41. The summed E-state index contributed by atoms with van der Waals surface area (Å²) in [5, 5.41) is 13.6. The van der Waals surface area contributed by atoms with E-state index >= 15 is 0 Å². The molecule has 0 saturated carbocycles. The molecule has 3 heteroatoms. The van der Waals surface area contributed by atoms with Crippen molar-refractivity contribution in [2.24, 2.45) is 5.92 Å². The van der Waals surface area contributed by atoms with Crippen LogP contribution in [0.5, 0.6) is 0 Å². The van der Waals surface area contributed by atoms with Gasteiger partial charge in [0, 0.05) is 18.8 Å². The van der Waals surface area contributed by atoms with Crippen molar-refractivity contribution in [3.63, 3.8) is 0 Å². The van der Waals surface area contributed by atoms with Crippen LogP contribution < -0.4 is 5.32 Å². The minimum Gasteiger partial charge on any atom is -0.389 e. The normalized spacial score (nSPS) is 16.6. The average Bonchev–Trinajstić information content (AvgIpc) is 2.35. The molecule has 0 spiro atoms. The molecule has 0 saturated heterocycles. The zero-order chi connectivity index (χ0) is 13.6. The lowest BCUT2D eigenvalue weighted by Gasteiger charge is -2.26. The highest BCUT2D eigenvalue weighted by Gasteiger charge is 2.21. The highest BCUT2D eigenvalue weighted by molar-refractivity contribution is 5.07. The third kappa shape index (κ3) is 5.61. The Hall–Kier alpha value is -0.930. The first kappa shape index (κ1) is 15.1. The lowest BCUT2D eigenvalue weighted by Crippen LogP contribution is -2.39. The van der Waals surface area contributed by atoms with Gasteiger partial charge in [-0.3, -0.25) is 4.98 Å². The van der Waals surface area contributed by atoms with Gasteiger partial charge in [-0.05, 0) is 44.7 Å². The van der Waals surface area contributed by atoms with Crippen molar-refractivity contribution in [3.05, 3.63) is 30.1 Å². The van der Waals surface area contributed by atoms with Gasteiger partial charge in [-0.2, -0.15) is 0 Å². The van der Waals surface area contributed by atoms with E-state index < -0.39 is 5.60 Å². The van der Waals surface area contributed by atoms with E-state index in [1.165, 1.54) is 0 Å². The fourth-order valence-electron chi connectivity index (χ4n) is 1.80. The summed E-state index contributed by atoms with van der Waals surface area (Å²) in [5.74, 6) is 0.629. The van der Waals surface area contributed by atoms with Gasteiger partial charge in [0.05, 0.1) is 11.3 Å². The van der Waals surface area contributed by atoms with Gasteiger partial charge in [-0.15, -0.1) is 0 Å². The van der Waals surface area contributed by atoms with E-state index in [0.29, 0.717) is 12.5 Å². The quantitative estimate of drug-likeness (QED) is 0.782. The minimum absolute atomic E-state index is 0.164. The second kappa shape index (κ2) is 6.86. The molecule has 2 N–H and O–H groups in total. The molecule has 0 aliphatic rings. The molecule has 0 fully saturated rings. The number of nitrogens with zero attached hydrogens (tertiary/aromatic N) is 1. The molecule has 2 atom stereocenters. The van der Waals surface area contributed by atoms with Gasteiger partial charge in [-0.1, -0.05) is 19.9 Å². The molecule has 1 aromatic rings. The van der Waals surface area contributed by atoms with Crippen LogP contribution in [0, 0.1) is 5.92 Å². The van der Waals surface area contributed by atoms with Crippen LogP contribution in [0.25, 0.3) is 0 Å². The summed E-state index contributed by atoms with van der Waals surface area (Å²) in [6.45, 7) is 8.92. The van der Waals surface area contributed by atoms with Crippen molar-refractivity contribution in [1.29, 1.82) is 0 Å². The average molecular weight is 250 g/mol. The Bertz CT molecular complexity index is 336. The van der Waals surface area contributed by atoms with Crippen molar-refractivity contribution < 1.29 is 5.11 Å². The van der Waals surface area contributed by atoms with Crippen molar-refractivity contribution in [3.8, 4) is 0 Å². The zero-order valence-corrected chi connectivity index (χ0v) is 12.0. The number of nitrogens with one attached hydrogen (secondary N) is 1. The first-order valence-electron chi connectivity index (χ1n) is 6.77. The summed E-state index contributed by atoms with van der Waals surface area (Å²) in [6.07, 6.45) is 3.67. The van der Waals surface area contributed by atoms with Gasteiger partial charge in [-0.25, -0.2) is 0 Å². The van der Waals surface area contributed by atoms with Crippen LogP contribution in [0.3, 0.4) is 0 Å². The monoisotopic (exact) mass is 250 g/mol. The Kier molecular flexibility index (Phi) is 5.76. The van der Waals surface area contributed by atoms with E-state index in [9.17, 15) is 5.11 Å². The van der Waals surface area contributed by atoms with Gasteiger partial charge in [0.25, 0.3) is 0 Å². The highest BCUT2D eigenvalue weighted by atomic mass is 16.3. The van der Waals surface area contributed by atoms with Crippen LogP contribution in [0.1, 0.15) is 52.3 Å². The van der Waals surface area contributed by atoms with Gasteiger partial charge >= 0.3 is 0 Å². The molecule has 0 aliphatic carbocycles. The minimum atomic E-state index is -0.646. The number of rotatable bonds is 7. The van der Waals surface area contributed by atoms with Crippen molar-refractivity contribution in [1.82, 2.24) is 10.3 Å². The standard InChI is InChI=1S/C15H26N2O/c1-12(2)8-9-15(4,18)11-17-13(3)14-7-5-6-10-16-14/h5-7,10,12-13,17-18H,8-9,11H2,1-4H3. The number of aromatic nitrogens is 1. The SMILES string of the molecule is CC(C)CCC(C)(O)CNC(C)c1ccccn1. The fraction of sp³-hybridized carbons (Fsp3) is 0.667. The summed E-state index contributed by atoms with van der Waals surface area (Å²) in [6, 6.07) is 6.06. The van der Waals surface area contributed by atoms with E-state index in [4.69, 9.17) is 0 Å². The van der Waals surface area contributed by atoms with E-state index in [2.05, 4.69) is 31.1 Å². The smallest absolute Gasteiger partial charge is 0.0743 e. The van der Waals surface area contributed by atoms with Crippen molar-refractivity contribution >= 4 is 0 Å². The van der Waals surface area contributed by atoms with E-state index in [1.54, 1.807) is 6.20 Å². The number of hydrogen-bond donors (Lipinski definition) is 2. The Morgan fingerprint density at radius 3 is 2.61 bits per heavy atom. The molecule has 2 unspecified atom stereocenters. The molecule has 0 radical (unpaired) electrons. The molecule has 0 bridgehead atoms. The van der Waals surface area contributed by atoms with Crippen LogP contribution in [0.4, 0.5) is 0 Å². The molecule has 0 amide bonds. The molecular formula is C15H26N2O. The maximum Gasteiger partial charge on any atom is 0.0743 e.